The van der Waals surface area contributed by atoms with Gasteiger partial charge in [0.05, 0.1) is 7.11 Å². The Morgan fingerprint density at radius 3 is 2.59 bits per heavy atom. The summed E-state index contributed by atoms with van der Waals surface area (Å²) in [5.74, 6) is 1.87. The summed E-state index contributed by atoms with van der Waals surface area (Å²) >= 11 is 0. The predicted octanol–water partition coefficient (Wildman–Crippen LogP) is 1.52. The highest BCUT2D eigenvalue weighted by atomic mass is 16.5. The maximum atomic E-state index is 5.06. The molecule has 1 aliphatic carbocycles. The average Bonchev–Trinajstić information content (AvgIpc) is 3.12. The van der Waals surface area contributed by atoms with E-state index in [1.54, 1.807) is 7.11 Å². The molecule has 0 radical (unpaired) electrons. The van der Waals surface area contributed by atoms with Gasteiger partial charge in [-0.2, -0.15) is 15.0 Å². The van der Waals surface area contributed by atoms with Crippen LogP contribution >= 0.6 is 0 Å². The Hall–Kier alpha value is -1.59. The quantitative estimate of drug-likeness (QED) is 0.781. The fraction of sp³-hybridized carbons (Fsp3) is 0.727. The molecule has 0 saturated heterocycles. The molecule has 6 nitrogen and oxygen atoms in total. The third kappa shape index (κ3) is 3.18. The van der Waals surface area contributed by atoms with E-state index in [1.165, 1.54) is 12.8 Å². The molecule has 1 heterocycles. The van der Waals surface area contributed by atoms with Gasteiger partial charge in [-0.1, -0.05) is 0 Å². The van der Waals surface area contributed by atoms with Gasteiger partial charge in [-0.3, -0.25) is 0 Å². The van der Waals surface area contributed by atoms with Gasteiger partial charge in [-0.15, -0.1) is 0 Å². The second kappa shape index (κ2) is 5.16. The molecule has 1 fully saturated rings. The highest BCUT2D eigenvalue weighted by molar-refractivity contribution is 5.36. The van der Waals surface area contributed by atoms with E-state index in [1.807, 2.05) is 6.92 Å². The van der Waals surface area contributed by atoms with Crippen LogP contribution in [0.2, 0.25) is 0 Å². The first-order chi connectivity index (χ1) is 8.22. The molecule has 2 rings (SSSR count). The van der Waals surface area contributed by atoms with Crippen LogP contribution < -0.4 is 15.4 Å². The highest BCUT2D eigenvalue weighted by Gasteiger charge is 2.28. The fourth-order valence-corrected chi connectivity index (χ4v) is 1.67. The van der Waals surface area contributed by atoms with E-state index in [4.69, 9.17) is 4.74 Å². The second-order valence-corrected chi connectivity index (χ2v) is 4.27. The Morgan fingerprint density at radius 1 is 1.29 bits per heavy atom. The topological polar surface area (TPSA) is 72.0 Å². The lowest BCUT2D eigenvalue weighted by molar-refractivity contribution is 0.379. The van der Waals surface area contributed by atoms with Crippen molar-refractivity contribution in [3.8, 4) is 6.01 Å². The Kier molecular flexibility index (Phi) is 3.61. The molecular weight excluding hydrogens is 218 g/mol. The van der Waals surface area contributed by atoms with Gasteiger partial charge in [-0.25, -0.2) is 0 Å². The maximum Gasteiger partial charge on any atom is 0.322 e. The molecule has 0 spiro atoms. The van der Waals surface area contributed by atoms with E-state index in [0.717, 1.165) is 12.5 Å². The highest BCUT2D eigenvalue weighted by Crippen LogP contribution is 2.33. The lowest BCUT2D eigenvalue weighted by Crippen LogP contribution is -2.20. The van der Waals surface area contributed by atoms with Gasteiger partial charge in [0.1, 0.15) is 0 Å². The van der Waals surface area contributed by atoms with Crippen LogP contribution in [0, 0.1) is 5.92 Å². The van der Waals surface area contributed by atoms with E-state index < -0.39 is 0 Å². The zero-order chi connectivity index (χ0) is 12.3. The molecule has 1 saturated carbocycles. The van der Waals surface area contributed by atoms with Crippen molar-refractivity contribution in [1.29, 1.82) is 0 Å². The van der Waals surface area contributed by atoms with Crippen molar-refractivity contribution in [3.63, 3.8) is 0 Å². The predicted molar refractivity (Wildman–Crippen MR) is 66.4 cm³/mol. The Bertz CT molecular complexity index is 380. The van der Waals surface area contributed by atoms with E-state index >= 15 is 0 Å². The Labute approximate surface area is 101 Å². The normalized spacial score (nSPS) is 16.4. The van der Waals surface area contributed by atoms with Crippen LogP contribution in [-0.4, -0.2) is 34.6 Å². The molecule has 2 N–H and O–H groups in total. The first kappa shape index (κ1) is 11.9. The fourth-order valence-electron chi connectivity index (χ4n) is 1.67. The molecule has 17 heavy (non-hydrogen) atoms. The monoisotopic (exact) mass is 237 g/mol. The van der Waals surface area contributed by atoms with E-state index in [2.05, 4.69) is 32.5 Å². The van der Waals surface area contributed by atoms with Crippen molar-refractivity contribution in [2.75, 3.05) is 24.3 Å². The van der Waals surface area contributed by atoms with Crippen LogP contribution in [0.1, 0.15) is 26.7 Å². The van der Waals surface area contributed by atoms with Crippen LogP contribution in [0.3, 0.4) is 0 Å². The van der Waals surface area contributed by atoms with Gasteiger partial charge >= 0.3 is 6.01 Å². The number of ether oxygens (including phenoxy) is 1. The molecular formula is C11H19N5O. The van der Waals surface area contributed by atoms with Crippen LogP contribution in [0.15, 0.2) is 0 Å². The molecule has 0 aromatic carbocycles. The lowest BCUT2D eigenvalue weighted by Gasteiger charge is -2.13. The van der Waals surface area contributed by atoms with E-state index in [0.29, 0.717) is 23.9 Å². The summed E-state index contributed by atoms with van der Waals surface area (Å²) in [5, 5.41) is 6.35. The summed E-state index contributed by atoms with van der Waals surface area (Å²) in [6.07, 6.45) is 2.58. The van der Waals surface area contributed by atoms with Crippen molar-refractivity contribution in [2.24, 2.45) is 5.92 Å². The minimum Gasteiger partial charge on any atom is -0.467 e. The minimum absolute atomic E-state index is 0.335. The van der Waals surface area contributed by atoms with Gasteiger partial charge in [0, 0.05) is 12.6 Å². The molecule has 6 heteroatoms. The minimum atomic E-state index is 0.335. The molecule has 0 bridgehead atoms. The standard InChI is InChI=1S/C11H19N5O/c1-4-12-9-14-10(16-11(15-9)17-3)13-7(2)8-5-6-8/h7-8H,4-6H2,1-3H3,(H2,12,13,14,15,16). The number of hydrogen-bond donors (Lipinski definition) is 2. The summed E-state index contributed by atoms with van der Waals surface area (Å²) in [6.45, 7) is 4.92. The van der Waals surface area contributed by atoms with Crippen LogP contribution in [0.25, 0.3) is 0 Å². The molecule has 0 amide bonds. The zero-order valence-corrected chi connectivity index (χ0v) is 10.5. The average molecular weight is 237 g/mol. The van der Waals surface area contributed by atoms with E-state index in [9.17, 15) is 0 Å². The molecule has 1 aromatic rings. The van der Waals surface area contributed by atoms with Crippen LogP contribution in [0.4, 0.5) is 11.9 Å². The molecule has 0 aliphatic heterocycles. The second-order valence-electron chi connectivity index (χ2n) is 4.27. The van der Waals surface area contributed by atoms with E-state index in [-0.39, 0.29) is 0 Å². The lowest BCUT2D eigenvalue weighted by atomic mass is 10.2. The smallest absolute Gasteiger partial charge is 0.322 e. The summed E-state index contributed by atoms with van der Waals surface area (Å²) < 4.78 is 5.06. The third-order valence-electron chi connectivity index (χ3n) is 2.82. The number of hydrogen-bond acceptors (Lipinski definition) is 6. The summed E-state index contributed by atoms with van der Waals surface area (Å²) in [5.41, 5.74) is 0. The van der Waals surface area contributed by atoms with Crippen LogP contribution in [0.5, 0.6) is 6.01 Å². The van der Waals surface area contributed by atoms with Crippen molar-refractivity contribution < 1.29 is 4.74 Å². The molecule has 1 unspecified atom stereocenters. The summed E-state index contributed by atoms with van der Waals surface area (Å²) in [7, 11) is 1.55. The largest absolute Gasteiger partial charge is 0.467 e. The van der Waals surface area contributed by atoms with Crippen molar-refractivity contribution in [1.82, 2.24) is 15.0 Å². The van der Waals surface area contributed by atoms with Crippen molar-refractivity contribution >= 4 is 11.9 Å². The number of anilines is 2. The van der Waals surface area contributed by atoms with Crippen molar-refractivity contribution in [3.05, 3.63) is 0 Å². The third-order valence-corrected chi connectivity index (χ3v) is 2.82. The van der Waals surface area contributed by atoms with Gasteiger partial charge in [0.25, 0.3) is 0 Å². The first-order valence-electron chi connectivity index (χ1n) is 6.03. The SMILES string of the molecule is CCNc1nc(NC(C)C2CC2)nc(OC)n1. The van der Waals surface area contributed by atoms with Gasteiger partial charge in [-0.05, 0) is 32.6 Å². The molecule has 1 aliphatic rings. The van der Waals surface area contributed by atoms with Crippen LogP contribution in [-0.2, 0) is 0 Å². The van der Waals surface area contributed by atoms with Gasteiger partial charge in [0.2, 0.25) is 11.9 Å². The van der Waals surface area contributed by atoms with Gasteiger partial charge in [0.15, 0.2) is 0 Å². The first-order valence-corrected chi connectivity index (χ1v) is 6.03. The summed E-state index contributed by atoms with van der Waals surface area (Å²) in [6, 6.07) is 0.734. The number of nitrogens with zero attached hydrogens (tertiary/aromatic N) is 3. The molecule has 1 aromatic heterocycles. The number of methoxy groups -OCH3 is 1. The number of aromatic nitrogens is 3. The Morgan fingerprint density at radius 2 is 2.00 bits per heavy atom. The number of rotatable bonds is 6. The maximum absolute atomic E-state index is 5.06. The molecule has 1 atom stereocenters. The Balaban J connectivity index is 2.10. The zero-order valence-electron chi connectivity index (χ0n) is 10.5. The molecule has 94 valence electrons. The van der Waals surface area contributed by atoms with Gasteiger partial charge < -0.3 is 15.4 Å². The van der Waals surface area contributed by atoms with Crippen molar-refractivity contribution in [2.45, 2.75) is 32.7 Å². The summed E-state index contributed by atoms with van der Waals surface area (Å²) in [4.78, 5) is 12.6. The number of nitrogens with one attached hydrogen (secondary N) is 2.